The molecule has 3 nitrogen and oxygen atoms in total. The van der Waals surface area contributed by atoms with E-state index in [1.807, 2.05) is 12.1 Å². The molecule has 0 spiro atoms. The van der Waals surface area contributed by atoms with Crippen LogP contribution in [0.2, 0.25) is 0 Å². The van der Waals surface area contributed by atoms with Crippen molar-refractivity contribution in [1.82, 2.24) is 4.90 Å². The minimum Gasteiger partial charge on any atom is -0.496 e. The highest BCUT2D eigenvalue weighted by Gasteiger charge is 2.25. The molecule has 2 rings (SSSR count). The summed E-state index contributed by atoms with van der Waals surface area (Å²) < 4.78 is 5.46. The van der Waals surface area contributed by atoms with Crippen molar-refractivity contribution >= 4 is 0 Å². The van der Waals surface area contributed by atoms with Gasteiger partial charge in [-0.3, -0.25) is 4.90 Å². The Bertz CT molecular complexity index is 381. The van der Waals surface area contributed by atoms with Gasteiger partial charge in [0.25, 0.3) is 0 Å². The molecule has 18 heavy (non-hydrogen) atoms. The van der Waals surface area contributed by atoms with Crippen LogP contribution in [0.15, 0.2) is 24.3 Å². The Morgan fingerprint density at radius 2 is 2.22 bits per heavy atom. The van der Waals surface area contributed by atoms with Gasteiger partial charge in [0.1, 0.15) is 5.75 Å². The predicted molar refractivity (Wildman–Crippen MR) is 74.8 cm³/mol. The fourth-order valence-corrected chi connectivity index (χ4v) is 2.92. The second kappa shape index (κ2) is 6.21. The van der Waals surface area contributed by atoms with Crippen molar-refractivity contribution in [2.24, 2.45) is 11.7 Å². The van der Waals surface area contributed by atoms with Gasteiger partial charge in [0.15, 0.2) is 0 Å². The summed E-state index contributed by atoms with van der Waals surface area (Å²) >= 11 is 0. The molecule has 1 saturated heterocycles. The SMILES string of the molecule is COc1ccccc1[C@@H](CN)N1CCC[C@H](C)C1. The van der Waals surface area contributed by atoms with Crippen molar-refractivity contribution in [1.29, 1.82) is 0 Å². The normalized spacial score (nSPS) is 22.7. The van der Waals surface area contributed by atoms with Crippen LogP contribution in [0, 0.1) is 5.92 Å². The summed E-state index contributed by atoms with van der Waals surface area (Å²) in [6.07, 6.45) is 2.60. The van der Waals surface area contributed by atoms with Gasteiger partial charge in [-0.1, -0.05) is 25.1 Å². The molecule has 0 bridgehead atoms. The molecule has 1 aromatic rings. The molecule has 0 amide bonds. The Kier molecular flexibility index (Phi) is 4.61. The summed E-state index contributed by atoms with van der Waals surface area (Å²) in [5, 5.41) is 0. The number of rotatable bonds is 4. The molecule has 100 valence electrons. The van der Waals surface area contributed by atoms with Gasteiger partial charge in [0, 0.05) is 18.7 Å². The fraction of sp³-hybridized carbons (Fsp3) is 0.600. The average molecular weight is 248 g/mol. The maximum absolute atomic E-state index is 6.01. The first-order valence-electron chi connectivity index (χ1n) is 6.83. The molecule has 3 heteroatoms. The number of piperidine rings is 1. The van der Waals surface area contributed by atoms with Gasteiger partial charge in [-0.15, -0.1) is 0 Å². The maximum Gasteiger partial charge on any atom is 0.123 e. The molecule has 0 saturated carbocycles. The Balaban J connectivity index is 2.21. The van der Waals surface area contributed by atoms with Crippen molar-refractivity contribution < 1.29 is 4.74 Å². The van der Waals surface area contributed by atoms with Crippen LogP contribution in [-0.2, 0) is 0 Å². The number of methoxy groups -OCH3 is 1. The van der Waals surface area contributed by atoms with E-state index >= 15 is 0 Å². The summed E-state index contributed by atoms with van der Waals surface area (Å²) in [6.45, 7) is 5.25. The zero-order valence-electron chi connectivity index (χ0n) is 11.4. The van der Waals surface area contributed by atoms with Gasteiger partial charge in [-0.2, -0.15) is 0 Å². The second-order valence-electron chi connectivity index (χ2n) is 5.24. The monoisotopic (exact) mass is 248 g/mol. The Hall–Kier alpha value is -1.06. The number of ether oxygens (including phenoxy) is 1. The molecule has 0 radical (unpaired) electrons. The quantitative estimate of drug-likeness (QED) is 0.889. The Morgan fingerprint density at radius 3 is 2.89 bits per heavy atom. The van der Waals surface area contributed by atoms with Crippen LogP contribution < -0.4 is 10.5 Å². The Labute approximate surface area is 110 Å². The van der Waals surface area contributed by atoms with Crippen LogP contribution in [0.1, 0.15) is 31.4 Å². The molecule has 0 unspecified atom stereocenters. The van der Waals surface area contributed by atoms with Crippen LogP contribution in [0.4, 0.5) is 0 Å². The summed E-state index contributed by atoms with van der Waals surface area (Å²) in [7, 11) is 1.73. The van der Waals surface area contributed by atoms with Crippen molar-refractivity contribution in [3.63, 3.8) is 0 Å². The lowest BCUT2D eigenvalue weighted by atomic mass is 9.96. The molecule has 0 aliphatic carbocycles. The lowest BCUT2D eigenvalue weighted by Crippen LogP contribution is -2.40. The third-order valence-corrected chi connectivity index (χ3v) is 3.85. The van der Waals surface area contributed by atoms with Gasteiger partial charge in [0.05, 0.1) is 13.2 Å². The highest BCUT2D eigenvalue weighted by Crippen LogP contribution is 2.31. The lowest BCUT2D eigenvalue weighted by Gasteiger charge is -2.37. The van der Waals surface area contributed by atoms with Crippen molar-refractivity contribution in [3.8, 4) is 5.75 Å². The molecule has 2 atom stereocenters. The first-order chi connectivity index (χ1) is 8.76. The minimum absolute atomic E-state index is 0.281. The van der Waals surface area contributed by atoms with Crippen molar-refractivity contribution in [3.05, 3.63) is 29.8 Å². The van der Waals surface area contributed by atoms with Crippen LogP contribution in [0.5, 0.6) is 5.75 Å². The smallest absolute Gasteiger partial charge is 0.123 e. The molecule has 0 aromatic heterocycles. The van der Waals surface area contributed by atoms with E-state index in [1.54, 1.807) is 7.11 Å². The molecular formula is C15H24N2O. The zero-order chi connectivity index (χ0) is 13.0. The molecule has 1 aliphatic rings. The number of likely N-dealkylation sites (tertiary alicyclic amines) is 1. The first-order valence-corrected chi connectivity index (χ1v) is 6.83. The van der Waals surface area contributed by atoms with Crippen LogP contribution in [0.3, 0.4) is 0 Å². The minimum atomic E-state index is 0.281. The van der Waals surface area contributed by atoms with E-state index in [2.05, 4.69) is 24.0 Å². The van der Waals surface area contributed by atoms with E-state index in [4.69, 9.17) is 10.5 Å². The lowest BCUT2D eigenvalue weighted by molar-refractivity contribution is 0.131. The summed E-state index contributed by atoms with van der Waals surface area (Å²) in [5.41, 5.74) is 7.23. The molecular weight excluding hydrogens is 224 g/mol. The largest absolute Gasteiger partial charge is 0.496 e. The van der Waals surface area contributed by atoms with E-state index in [1.165, 1.54) is 18.4 Å². The maximum atomic E-state index is 6.01. The van der Waals surface area contributed by atoms with Gasteiger partial charge in [0.2, 0.25) is 0 Å². The number of hydrogen-bond acceptors (Lipinski definition) is 3. The summed E-state index contributed by atoms with van der Waals surface area (Å²) in [6, 6.07) is 8.51. The van der Waals surface area contributed by atoms with Crippen LogP contribution in [0.25, 0.3) is 0 Å². The van der Waals surface area contributed by atoms with Crippen molar-refractivity contribution in [2.45, 2.75) is 25.8 Å². The zero-order valence-corrected chi connectivity index (χ0v) is 11.4. The summed E-state index contributed by atoms with van der Waals surface area (Å²) in [4.78, 5) is 2.51. The van der Waals surface area contributed by atoms with E-state index in [0.717, 1.165) is 24.8 Å². The summed E-state index contributed by atoms with van der Waals surface area (Å²) in [5.74, 6) is 1.72. The van der Waals surface area contributed by atoms with Crippen LogP contribution >= 0.6 is 0 Å². The van der Waals surface area contributed by atoms with E-state index in [9.17, 15) is 0 Å². The third kappa shape index (κ3) is 2.85. The van der Waals surface area contributed by atoms with E-state index < -0.39 is 0 Å². The molecule has 1 aliphatic heterocycles. The van der Waals surface area contributed by atoms with E-state index in [-0.39, 0.29) is 6.04 Å². The molecule has 1 fully saturated rings. The topological polar surface area (TPSA) is 38.5 Å². The standard InChI is InChI=1S/C15H24N2O/c1-12-6-5-9-17(11-12)14(10-16)13-7-3-4-8-15(13)18-2/h3-4,7-8,12,14H,5-6,9-11,16H2,1-2H3/t12-,14+/m0/s1. The highest BCUT2D eigenvalue weighted by molar-refractivity contribution is 5.36. The van der Waals surface area contributed by atoms with E-state index in [0.29, 0.717) is 6.54 Å². The molecule has 1 heterocycles. The van der Waals surface area contributed by atoms with Crippen LogP contribution in [-0.4, -0.2) is 31.6 Å². The number of para-hydroxylation sites is 1. The predicted octanol–water partition coefficient (Wildman–Crippen LogP) is 2.43. The van der Waals surface area contributed by atoms with Gasteiger partial charge in [-0.05, 0) is 31.4 Å². The number of nitrogens with zero attached hydrogens (tertiary/aromatic N) is 1. The third-order valence-electron chi connectivity index (χ3n) is 3.85. The van der Waals surface area contributed by atoms with Gasteiger partial charge < -0.3 is 10.5 Å². The second-order valence-corrected chi connectivity index (χ2v) is 5.24. The molecule has 2 N–H and O–H groups in total. The first kappa shape index (κ1) is 13.4. The molecule has 1 aromatic carbocycles. The highest BCUT2D eigenvalue weighted by atomic mass is 16.5. The van der Waals surface area contributed by atoms with Gasteiger partial charge in [-0.25, -0.2) is 0 Å². The average Bonchev–Trinajstić information content (AvgIpc) is 2.40. The van der Waals surface area contributed by atoms with Gasteiger partial charge >= 0.3 is 0 Å². The fourth-order valence-electron chi connectivity index (χ4n) is 2.92. The number of benzene rings is 1. The Morgan fingerprint density at radius 1 is 1.44 bits per heavy atom. The number of hydrogen-bond donors (Lipinski definition) is 1. The number of nitrogens with two attached hydrogens (primary N) is 1. The van der Waals surface area contributed by atoms with Crippen molar-refractivity contribution in [2.75, 3.05) is 26.7 Å².